The molecule has 0 spiro atoms. The third-order valence-corrected chi connectivity index (χ3v) is 7.06. The highest BCUT2D eigenvalue weighted by Crippen LogP contribution is 2.15. The van der Waals surface area contributed by atoms with Gasteiger partial charge in [0.05, 0.1) is 18.5 Å². The largest absolute Gasteiger partial charge is 0.376 e. The number of carbonyl (C=O) groups is 1. The van der Waals surface area contributed by atoms with Crippen LogP contribution in [0.2, 0.25) is 0 Å². The molecule has 2 unspecified atom stereocenters. The molecule has 10 heteroatoms. The number of sulfonamides is 1. The first-order chi connectivity index (χ1) is 14.0. The molecule has 0 saturated carbocycles. The fourth-order valence-electron chi connectivity index (χ4n) is 3.42. The second-order valence-electron chi connectivity index (χ2n) is 7.29. The van der Waals surface area contributed by atoms with Gasteiger partial charge in [0.1, 0.15) is 11.9 Å². The molecule has 2 fully saturated rings. The molecule has 0 aliphatic carbocycles. The Hall–Kier alpha value is -1.75. The van der Waals surface area contributed by atoms with Gasteiger partial charge in [-0.2, -0.15) is 4.31 Å². The number of amides is 1. The van der Waals surface area contributed by atoms with E-state index in [-0.39, 0.29) is 24.3 Å². The Bertz CT molecular complexity index is 747. The number of piperazine rings is 1. The zero-order valence-corrected chi connectivity index (χ0v) is 17.6. The summed E-state index contributed by atoms with van der Waals surface area (Å²) in [5.74, 6) is 0.424. The van der Waals surface area contributed by atoms with Crippen molar-refractivity contribution >= 4 is 21.7 Å². The van der Waals surface area contributed by atoms with E-state index in [2.05, 4.69) is 15.2 Å². The molecule has 162 valence electrons. The number of ether oxygens (including phenoxy) is 2. The van der Waals surface area contributed by atoms with Crippen LogP contribution in [0.1, 0.15) is 19.8 Å². The van der Waals surface area contributed by atoms with Crippen molar-refractivity contribution < 1.29 is 22.7 Å². The molecule has 29 heavy (non-hydrogen) atoms. The highest BCUT2D eigenvalue weighted by Gasteiger charge is 2.27. The monoisotopic (exact) mass is 426 g/mol. The van der Waals surface area contributed by atoms with E-state index >= 15 is 0 Å². The van der Waals surface area contributed by atoms with E-state index in [0.717, 1.165) is 25.3 Å². The fraction of sp³-hybridized carbons (Fsp3) is 0.684. The normalized spacial score (nSPS) is 21.8. The lowest BCUT2D eigenvalue weighted by atomic mass is 10.2. The van der Waals surface area contributed by atoms with Gasteiger partial charge in [0.2, 0.25) is 15.9 Å². The molecular weight excluding hydrogens is 396 g/mol. The second kappa shape index (κ2) is 10.3. The smallest absolute Gasteiger partial charge is 0.248 e. The summed E-state index contributed by atoms with van der Waals surface area (Å²) in [7, 11) is -3.42. The zero-order chi connectivity index (χ0) is 20.7. The first-order valence-electron chi connectivity index (χ1n) is 10.1. The first kappa shape index (κ1) is 21.9. The average Bonchev–Trinajstić information content (AvgIpc) is 3.26. The van der Waals surface area contributed by atoms with Crippen LogP contribution in [0.25, 0.3) is 0 Å². The predicted octanol–water partition coefficient (Wildman–Crippen LogP) is 0.234. The second-order valence-corrected chi connectivity index (χ2v) is 9.38. The molecule has 1 N–H and O–H groups in total. The van der Waals surface area contributed by atoms with Crippen molar-refractivity contribution in [1.29, 1.82) is 0 Å². The minimum atomic E-state index is -3.42. The molecule has 2 aliphatic heterocycles. The van der Waals surface area contributed by atoms with E-state index < -0.39 is 16.1 Å². The van der Waals surface area contributed by atoms with Gasteiger partial charge in [-0.05, 0) is 31.9 Å². The number of anilines is 1. The van der Waals surface area contributed by atoms with Crippen LogP contribution < -0.4 is 10.2 Å². The summed E-state index contributed by atoms with van der Waals surface area (Å²) in [5, 5.41) is 2.66. The van der Waals surface area contributed by atoms with Crippen molar-refractivity contribution in [1.82, 2.24) is 14.6 Å². The fourth-order valence-corrected chi connectivity index (χ4v) is 4.75. The van der Waals surface area contributed by atoms with Gasteiger partial charge in [-0.3, -0.25) is 4.79 Å². The Morgan fingerprint density at radius 3 is 2.79 bits per heavy atom. The molecule has 9 nitrogen and oxygen atoms in total. The van der Waals surface area contributed by atoms with E-state index in [4.69, 9.17) is 9.47 Å². The van der Waals surface area contributed by atoms with Crippen molar-refractivity contribution in [3.05, 3.63) is 24.4 Å². The van der Waals surface area contributed by atoms with Crippen molar-refractivity contribution in [2.24, 2.45) is 0 Å². The van der Waals surface area contributed by atoms with Gasteiger partial charge in [0, 0.05) is 45.5 Å². The third-order valence-electron chi connectivity index (χ3n) is 5.19. The SMILES string of the molecule is CC(OCC1CCCO1)C(=O)NCCS(=O)(=O)N1CCN(c2ccccn2)CC1. The van der Waals surface area contributed by atoms with Crippen LogP contribution in [0.15, 0.2) is 24.4 Å². The third kappa shape index (κ3) is 6.36. The number of hydrogen-bond donors (Lipinski definition) is 1. The van der Waals surface area contributed by atoms with Crippen LogP contribution in [-0.2, 0) is 24.3 Å². The van der Waals surface area contributed by atoms with Crippen LogP contribution >= 0.6 is 0 Å². The van der Waals surface area contributed by atoms with Gasteiger partial charge in [-0.15, -0.1) is 0 Å². The van der Waals surface area contributed by atoms with Crippen LogP contribution in [-0.4, -0.2) is 87.5 Å². The summed E-state index contributed by atoms with van der Waals surface area (Å²) in [4.78, 5) is 18.5. The van der Waals surface area contributed by atoms with Gasteiger partial charge < -0.3 is 19.7 Å². The van der Waals surface area contributed by atoms with Gasteiger partial charge in [0.15, 0.2) is 0 Å². The Kier molecular flexibility index (Phi) is 7.82. The van der Waals surface area contributed by atoms with E-state index in [1.165, 1.54) is 4.31 Å². The van der Waals surface area contributed by atoms with Crippen LogP contribution in [0.3, 0.4) is 0 Å². The van der Waals surface area contributed by atoms with Crippen molar-refractivity contribution in [2.45, 2.75) is 32.0 Å². The van der Waals surface area contributed by atoms with Gasteiger partial charge in [-0.25, -0.2) is 13.4 Å². The molecule has 2 atom stereocenters. The summed E-state index contributed by atoms with van der Waals surface area (Å²) >= 11 is 0. The van der Waals surface area contributed by atoms with Crippen LogP contribution in [0.4, 0.5) is 5.82 Å². The molecule has 1 aromatic rings. The predicted molar refractivity (Wildman–Crippen MR) is 109 cm³/mol. The Labute approximate surface area is 172 Å². The molecule has 0 radical (unpaired) electrons. The summed E-state index contributed by atoms with van der Waals surface area (Å²) in [6.45, 7) is 4.86. The van der Waals surface area contributed by atoms with E-state index in [9.17, 15) is 13.2 Å². The average molecular weight is 427 g/mol. The number of carbonyl (C=O) groups excluding carboxylic acids is 1. The summed E-state index contributed by atoms with van der Waals surface area (Å²) in [6, 6.07) is 5.69. The quantitative estimate of drug-likeness (QED) is 0.603. The first-order valence-corrected chi connectivity index (χ1v) is 11.7. The molecule has 2 aliphatic rings. The van der Waals surface area contributed by atoms with Crippen molar-refractivity contribution in [2.75, 3.05) is 56.6 Å². The lowest BCUT2D eigenvalue weighted by Crippen LogP contribution is -2.50. The minimum absolute atomic E-state index is 0.0513. The lowest BCUT2D eigenvalue weighted by Gasteiger charge is -2.34. The number of aromatic nitrogens is 1. The highest BCUT2D eigenvalue weighted by molar-refractivity contribution is 7.89. The standard InChI is InChI=1S/C19H30N4O5S/c1-16(28-15-17-5-4-13-27-17)19(24)21-8-14-29(25,26)23-11-9-22(10-12-23)18-6-2-3-7-20-18/h2-3,6-7,16-17H,4-5,8-15H2,1H3,(H,21,24). The molecule has 2 saturated heterocycles. The molecular formula is C19H30N4O5S. The molecule has 3 heterocycles. The maximum Gasteiger partial charge on any atom is 0.248 e. The molecule has 0 aromatic carbocycles. The van der Waals surface area contributed by atoms with Crippen molar-refractivity contribution in [3.63, 3.8) is 0 Å². The maximum atomic E-state index is 12.6. The number of hydrogen-bond acceptors (Lipinski definition) is 7. The van der Waals surface area contributed by atoms with E-state index in [1.807, 2.05) is 18.2 Å². The van der Waals surface area contributed by atoms with Gasteiger partial charge >= 0.3 is 0 Å². The molecule has 0 bridgehead atoms. The van der Waals surface area contributed by atoms with Crippen LogP contribution in [0.5, 0.6) is 0 Å². The van der Waals surface area contributed by atoms with Gasteiger partial charge in [0.25, 0.3) is 0 Å². The zero-order valence-electron chi connectivity index (χ0n) is 16.8. The number of pyridine rings is 1. The van der Waals surface area contributed by atoms with Crippen LogP contribution in [0, 0.1) is 0 Å². The van der Waals surface area contributed by atoms with Gasteiger partial charge in [-0.1, -0.05) is 6.07 Å². The Morgan fingerprint density at radius 2 is 2.14 bits per heavy atom. The molecule has 1 amide bonds. The molecule has 3 rings (SSSR count). The number of nitrogens with zero attached hydrogens (tertiary/aromatic N) is 3. The topological polar surface area (TPSA) is 101 Å². The van der Waals surface area contributed by atoms with Crippen molar-refractivity contribution in [3.8, 4) is 0 Å². The summed E-state index contributed by atoms with van der Waals surface area (Å²) in [6.07, 6.45) is 3.11. The number of rotatable bonds is 9. The Balaban J connectivity index is 1.36. The molecule has 1 aromatic heterocycles. The minimum Gasteiger partial charge on any atom is -0.376 e. The maximum absolute atomic E-state index is 12.6. The Morgan fingerprint density at radius 1 is 1.34 bits per heavy atom. The summed E-state index contributed by atoms with van der Waals surface area (Å²) < 4.78 is 37.6. The number of nitrogens with one attached hydrogen (secondary N) is 1. The summed E-state index contributed by atoms with van der Waals surface area (Å²) in [5.41, 5.74) is 0. The van der Waals surface area contributed by atoms with E-state index in [0.29, 0.717) is 32.8 Å². The van der Waals surface area contributed by atoms with E-state index in [1.54, 1.807) is 13.1 Å². The highest BCUT2D eigenvalue weighted by atomic mass is 32.2. The lowest BCUT2D eigenvalue weighted by molar-refractivity contribution is -0.133.